The van der Waals surface area contributed by atoms with Crippen LogP contribution in [0.1, 0.15) is 27.7 Å². The van der Waals surface area contributed by atoms with Crippen LogP contribution >= 0.6 is 46.4 Å². The smallest absolute Gasteiger partial charge is 0.247 e. The highest BCUT2D eigenvalue weighted by atomic mass is 35.5. The number of allylic oxidation sites excluding steroid dienone is 1. The van der Waals surface area contributed by atoms with E-state index in [2.05, 4.69) is 0 Å². The molecule has 0 rings (SSSR count). The highest BCUT2D eigenvalue weighted by molar-refractivity contribution is 7.93. The minimum atomic E-state index is -3.89. The van der Waals surface area contributed by atoms with Crippen molar-refractivity contribution in [2.75, 3.05) is 26.2 Å². The van der Waals surface area contributed by atoms with Crippen LogP contribution in [0.4, 0.5) is 0 Å². The Bertz CT molecular complexity index is 505. The Morgan fingerprint density at radius 1 is 0.857 bits per heavy atom. The fourth-order valence-corrected chi connectivity index (χ4v) is 4.70. The van der Waals surface area contributed by atoms with Crippen LogP contribution in [0.2, 0.25) is 0 Å². The summed E-state index contributed by atoms with van der Waals surface area (Å²) in [7, 11) is -3.89. The predicted molar refractivity (Wildman–Crippen MR) is 92.2 cm³/mol. The Kier molecular flexibility index (Phi) is 9.64. The van der Waals surface area contributed by atoms with E-state index in [9.17, 15) is 8.42 Å². The van der Waals surface area contributed by atoms with E-state index >= 15 is 0 Å². The Morgan fingerprint density at radius 3 is 1.57 bits per heavy atom. The molecule has 0 aromatic carbocycles. The van der Waals surface area contributed by atoms with Gasteiger partial charge in [-0.15, -0.1) is 0 Å². The van der Waals surface area contributed by atoms with E-state index in [0.717, 1.165) is 0 Å². The maximum absolute atomic E-state index is 12.7. The molecule has 9 heteroatoms. The van der Waals surface area contributed by atoms with E-state index in [-0.39, 0.29) is 32.7 Å². The molecule has 4 nitrogen and oxygen atoms in total. The van der Waals surface area contributed by atoms with Gasteiger partial charge in [-0.25, -0.2) is 8.42 Å². The highest BCUT2D eigenvalue weighted by Gasteiger charge is 2.32. The van der Waals surface area contributed by atoms with Gasteiger partial charge in [-0.1, -0.05) is 60.3 Å². The summed E-state index contributed by atoms with van der Waals surface area (Å²) in [6.07, 6.45) is 0. The van der Waals surface area contributed by atoms with E-state index in [0.29, 0.717) is 13.1 Å². The second-order valence-electron chi connectivity index (χ2n) is 3.96. The van der Waals surface area contributed by atoms with Crippen LogP contribution in [0.25, 0.3) is 0 Å². The molecule has 0 amide bonds. The SMILES string of the molecule is CCN(CC)/C(Cl)=C(/C(Cl)=C(Cl)Cl)S(=O)(=O)N(CC)CC. The minimum Gasteiger partial charge on any atom is -0.362 e. The summed E-state index contributed by atoms with van der Waals surface area (Å²) in [4.78, 5) is 1.40. The monoisotopic (exact) mass is 396 g/mol. The largest absolute Gasteiger partial charge is 0.362 e. The molecule has 0 radical (unpaired) electrons. The lowest BCUT2D eigenvalue weighted by Gasteiger charge is -2.26. The van der Waals surface area contributed by atoms with Crippen LogP contribution in [0.3, 0.4) is 0 Å². The minimum absolute atomic E-state index is 0.00991. The third-order valence-corrected chi connectivity index (χ3v) is 6.61. The molecule has 0 atom stereocenters. The summed E-state index contributed by atoms with van der Waals surface area (Å²) >= 11 is 23.6. The molecule has 21 heavy (non-hydrogen) atoms. The van der Waals surface area contributed by atoms with Crippen molar-refractivity contribution in [1.29, 1.82) is 0 Å². The molecule has 0 N–H and O–H groups in total. The van der Waals surface area contributed by atoms with Gasteiger partial charge < -0.3 is 4.90 Å². The lowest BCUT2D eigenvalue weighted by atomic mass is 10.5. The van der Waals surface area contributed by atoms with Gasteiger partial charge in [-0.3, -0.25) is 0 Å². The Hall–Kier alpha value is 0.350. The first-order valence-electron chi connectivity index (χ1n) is 6.54. The number of sulfonamides is 1. The summed E-state index contributed by atoms with van der Waals surface area (Å²) in [5.41, 5.74) is 0. The molecule has 0 bridgehead atoms. The predicted octanol–water partition coefficient (Wildman–Crippen LogP) is 4.29. The first-order valence-corrected chi connectivity index (χ1v) is 9.49. The lowest BCUT2D eigenvalue weighted by Crippen LogP contribution is -2.34. The maximum atomic E-state index is 12.7. The molecule has 0 aromatic rings. The summed E-state index contributed by atoms with van der Waals surface area (Å²) < 4.78 is 26.4. The van der Waals surface area contributed by atoms with E-state index < -0.39 is 10.0 Å². The highest BCUT2D eigenvalue weighted by Crippen LogP contribution is 2.35. The van der Waals surface area contributed by atoms with Crippen LogP contribution < -0.4 is 0 Å². The second-order valence-corrected chi connectivity index (χ2v) is 7.52. The van der Waals surface area contributed by atoms with Gasteiger partial charge in [0.05, 0.1) is 5.03 Å². The quantitative estimate of drug-likeness (QED) is 0.453. The molecular formula is C12H20Cl4N2O2S. The van der Waals surface area contributed by atoms with Gasteiger partial charge in [0.2, 0.25) is 10.0 Å². The Balaban J connectivity index is 6.36. The Morgan fingerprint density at radius 2 is 1.29 bits per heavy atom. The molecule has 0 fully saturated rings. The zero-order chi connectivity index (χ0) is 16.8. The van der Waals surface area contributed by atoms with E-state index in [1.54, 1.807) is 18.7 Å². The molecule has 0 aliphatic heterocycles. The van der Waals surface area contributed by atoms with Crippen LogP contribution in [-0.2, 0) is 10.0 Å². The average Bonchev–Trinajstić information content (AvgIpc) is 2.40. The summed E-state index contributed by atoms with van der Waals surface area (Å²) in [6.45, 7) is 8.78. The van der Waals surface area contributed by atoms with Crippen LogP contribution in [0.5, 0.6) is 0 Å². The fourth-order valence-electron chi connectivity index (χ4n) is 1.73. The van der Waals surface area contributed by atoms with Gasteiger partial charge in [0.25, 0.3) is 0 Å². The van der Waals surface area contributed by atoms with Gasteiger partial charge in [0.1, 0.15) is 14.6 Å². The standard InChI is InChI=1S/C12H20Cl4N2O2S/c1-5-17(6-2)12(16)10(9(13)11(14)15)21(19,20)18(7-3)8-4/h5-8H2,1-4H3/b12-10-. The lowest BCUT2D eigenvalue weighted by molar-refractivity contribution is 0.402. The molecule has 0 aliphatic rings. The van der Waals surface area contributed by atoms with E-state index in [1.807, 2.05) is 13.8 Å². The third kappa shape index (κ3) is 5.19. The molecule has 0 spiro atoms. The molecule has 0 aromatic heterocycles. The first kappa shape index (κ1) is 21.4. The molecule has 0 heterocycles. The van der Waals surface area contributed by atoms with Crippen molar-refractivity contribution in [1.82, 2.24) is 9.21 Å². The van der Waals surface area contributed by atoms with Crippen molar-refractivity contribution in [3.05, 3.63) is 19.6 Å². The summed E-state index contributed by atoms with van der Waals surface area (Å²) in [6, 6.07) is 0. The van der Waals surface area contributed by atoms with Gasteiger partial charge >= 0.3 is 0 Å². The van der Waals surface area contributed by atoms with Crippen molar-refractivity contribution < 1.29 is 8.42 Å². The zero-order valence-corrected chi connectivity index (χ0v) is 16.3. The maximum Gasteiger partial charge on any atom is 0.247 e. The van der Waals surface area contributed by atoms with Crippen molar-refractivity contribution in [3.8, 4) is 0 Å². The van der Waals surface area contributed by atoms with Crippen molar-refractivity contribution in [2.24, 2.45) is 0 Å². The van der Waals surface area contributed by atoms with Crippen molar-refractivity contribution in [2.45, 2.75) is 27.7 Å². The molecule has 0 aliphatic carbocycles. The van der Waals surface area contributed by atoms with Crippen LogP contribution in [0, 0.1) is 0 Å². The summed E-state index contributed by atoms with van der Waals surface area (Å²) in [5.74, 6) is 0. The number of halogens is 4. The van der Waals surface area contributed by atoms with Gasteiger partial charge in [0.15, 0.2) is 0 Å². The van der Waals surface area contributed by atoms with E-state index in [4.69, 9.17) is 46.4 Å². The normalized spacial score (nSPS) is 13.2. The van der Waals surface area contributed by atoms with Gasteiger partial charge in [-0.2, -0.15) is 4.31 Å². The Labute approximate surface area is 147 Å². The topological polar surface area (TPSA) is 40.6 Å². The molecule has 0 saturated heterocycles. The second kappa shape index (κ2) is 9.48. The third-order valence-electron chi connectivity index (χ3n) is 2.90. The molecular weight excluding hydrogens is 378 g/mol. The average molecular weight is 398 g/mol. The number of hydrogen-bond acceptors (Lipinski definition) is 3. The van der Waals surface area contributed by atoms with Gasteiger partial charge in [-0.05, 0) is 13.8 Å². The number of hydrogen-bond donors (Lipinski definition) is 0. The van der Waals surface area contributed by atoms with Crippen LogP contribution in [-0.4, -0.2) is 43.8 Å². The van der Waals surface area contributed by atoms with Crippen molar-refractivity contribution >= 4 is 56.4 Å². The molecule has 0 saturated carbocycles. The zero-order valence-electron chi connectivity index (χ0n) is 12.5. The van der Waals surface area contributed by atoms with Crippen molar-refractivity contribution in [3.63, 3.8) is 0 Å². The molecule has 0 unspecified atom stereocenters. The number of nitrogens with zero attached hydrogens (tertiary/aromatic N) is 2. The van der Waals surface area contributed by atoms with Crippen LogP contribution in [0.15, 0.2) is 19.6 Å². The molecule has 124 valence electrons. The number of rotatable bonds is 8. The summed E-state index contributed by atoms with van der Waals surface area (Å²) in [5, 5.41) is -0.266. The van der Waals surface area contributed by atoms with Gasteiger partial charge in [0, 0.05) is 26.2 Å². The fraction of sp³-hybridized carbons (Fsp3) is 0.667. The van der Waals surface area contributed by atoms with E-state index in [1.165, 1.54) is 4.31 Å². The first-order chi connectivity index (χ1) is 9.68.